The van der Waals surface area contributed by atoms with Crippen molar-refractivity contribution in [1.82, 2.24) is 19.8 Å². The lowest BCUT2D eigenvalue weighted by Gasteiger charge is -2.15. The molecule has 1 aliphatic carbocycles. The van der Waals surface area contributed by atoms with Gasteiger partial charge in [0.15, 0.2) is 0 Å². The van der Waals surface area contributed by atoms with Crippen LogP contribution in [0.2, 0.25) is 0 Å². The van der Waals surface area contributed by atoms with Crippen molar-refractivity contribution >= 4 is 0 Å². The van der Waals surface area contributed by atoms with Gasteiger partial charge in [0, 0.05) is 31.9 Å². The second-order valence-corrected chi connectivity index (χ2v) is 5.84. The molecule has 4 heteroatoms. The normalized spacial score (nSPS) is 15.8. The van der Waals surface area contributed by atoms with E-state index in [2.05, 4.69) is 46.9 Å². The van der Waals surface area contributed by atoms with E-state index in [1.54, 1.807) is 0 Å². The Balaban J connectivity index is 1.68. The Morgan fingerprint density at radius 1 is 1.50 bits per heavy atom. The Morgan fingerprint density at radius 2 is 2.28 bits per heavy atom. The zero-order valence-electron chi connectivity index (χ0n) is 11.9. The molecule has 2 rings (SSSR count). The van der Waals surface area contributed by atoms with Crippen LogP contribution >= 0.6 is 0 Å². The highest BCUT2D eigenvalue weighted by Crippen LogP contribution is 2.24. The molecule has 1 aliphatic rings. The first-order chi connectivity index (χ1) is 8.65. The average Bonchev–Trinajstić information content (AvgIpc) is 3.08. The second-order valence-electron chi connectivity index (χ2n) is 5.84. The summed E-state index contributed by atoms with van der Waals surface area (Å²) in [5, 5.41) is 3.42. The van der Waals surface area contributed by atoms with Crippen LogP contribution in [0.5, 0.6) is 0 Å². The highest BCUT2D eigenvalue weighted by Gasteiger charge is 2.25. The molecule has 1 heterocycles. The van der Waals surface area contributed by atoms with E-state index in [0.717, 1.165) is 37.9 Å². The van der Waals surface area contributed by atoms with Gasteiger partial charge in [-0.2, -0.15) is 0 Å². The van der Waals surface area contributed by atoms with Gasteiger partial charge >= 0.3 is 0 Å². The molecule has 0 aromatic carbocycles. The van der Waals surface area contributed by atoms with Crippen LogP contribution < -0.4 is 5.32 Å². The van der Waals surface area contributed by atoms with E-state index in [9.17, 15) is 0 Å². The van der Waals surface area contributed by atoms with Crippen LogP contribution in [0.25, 0.3) is 0 Å². The zero-order chi connectivity index (χ0) is 13.0. The maximum Gasteiger partial charge on any atom is 0.0950 e. The molecule has 1 N–H and O–H groups in total. The first-order valence-corrected chi connectivity index (χ1v) is 7.06. The Morgan fingerprint density at radius 3 is 2.94 bits per heavy atom. The molecule has 0 spiro atoms. The fraction of sp³-hybridized carbons (Fsp3) is 0.786. The summed E-state index contributed by atoms with van der Waals surface area (Å²) < 4.78 is 2.20. The molecule has 0 bridgehead atoms. The monoisotopic (exact) mass is 250 g/mol. The van der Waals surface area contributed by atoms with E-state index < -0.39 is 0 Å². The minimum Gasteiger partial charge on any atom is -0.336 e. The molecular formula is C14H26N4. The van der Waals surface area contributed by atoms with Gasteiger partial charge < -0.3 is 14.8 Å². The molecule has 0 amide bonds. The molecule has 0 radical (unpaired) electrons. The molecule has 0 saturated heterocycles. The third kappa shape index (κ3) is 4.42. The highest BCUT2D eigenvalue weighted by molar-refractivity contribution is 4.96. The standard InChI is InChI=1S/C14H26N4/c1-12(2)8-15-9-13-10-18(11-16-13)7-6-17(3)14-4-5-14/h10-12,14-15H,4-9H2,1-3H3. The smallest absolute Gasteiger partial charge is 0.0950 e. The minimum atomic E-state index is 0.694. The van der Waals surface area contributed by atoms with Crippen molar-refractivity contribution in [3.63, 3.8) is 0 Å². The number of rotatable bonds is 8. The van der Waals surface area contributed by atoms with E-state index in [1.807, 2.05) is 6.33 Å². The highest BCUT2D eigenvalue weighted by atomic mass is 15.2. The Labute approximate surface area is 110 Å². The number of hydrogen-bond acceptors (Lipinski definition) is 3. The summed E-state index contributed by atoms with van der Waals surface area (Å²) in [4.78, 5) is 6.89. The van der Waals surface area contributed by atoms with Gasteiger partial charge in [0.2, 0.25) is 0 Å². The summed E-state index contributed by atoms with van der Waals surface area (Å²) >= 11 is 0. The quantitative estimate of drug-likeness (QED) is 0.762. The summed E-state index contributed by atoms with van der Waals surface area (Å²) in [6.45, 7) is 8.55. The Hall–Kier alpha value is -0.870. The van der Waals surface area contributed by atoms with Crippen molar-refractivity contribution in [2.24, 2.45) is 5.92 Å². The molecule has 1 aromatic rings. The third-order valence-electron chi connectivity index (χ3n) is 3.43. The van der Waals surface area contributed by atoms with Crippen LogP contribution in [0.4, 0.5) is 0 Å². The van der Waals surface area contributed by atoms with Gasteiger partial charge in [-0.15, -0.1) is 0 Å². The largest absolute Gasteiger partial charge is 0.336 e. The molecular weight excluding hydrogens is 224 g/mol. The number of nitrogens with one attached hydrogen (secondary N) is 1. The molecule has 4 nitrogen and oxygen atoms in total. The first-order valence-electron chi connectivity index (χ1n) is 7.06. The fourth-order valence-corrected chi connectivity index (χ4v) is 2.08. The summed E-state index contributed by atoms with van der Waals surface area (Å²) in [7, 11) is 2.22. The topological polar surface area (TPSA) is 33.1 Å². The maximum atomic E-state index is 4.43. The fourth-order valence-electron chi connectivity index (χ4n) is 2.08. The molecule has 0 atom stereocenters. The lowest BCUT2D eigenvalue weighted by molar-refractivity contribution is 0.309. The van der Waals surface area contributed by atoms with Crippen LogP contribution in [0, 0.1) is 5.92 Å². The van der Waals surface area contributed by atoms with Crippen molar-refractivity contribution in [2.45, 2.75) is 45.8 Å². The Kier molecular flexibility index (Phi) is 4.78. The van der Waals surface area contributed by atoms with E-state index >= 15 is 0 Å². The van der Waals surface area contributed by atoms with E-state index in [4.69, 9.17) is 0 Å². The predicted octanol–water partition coefficient (Wildman–Crippen LogP) is 1.72. The second kappa shape index (κ2) is 6.34. The first kappa shape index (κ1) is 13.6. The van der Waals surface area contributed by atoms with Crippen molar-refractivity contribution in [2.75, 3.05) is 20.1 Å². The number of nitrogens with zero attached hydrogens (tertiary/aromatic N) is 3. The van der Waals surface area contributed by atoms with Crippen molar-refractivity contribution < 1.29 is 0 Å². The van der Waals surface area contributed by atoms with Gasteiger partial charge in [-0.25, -0.2) is 4.98 Å². The minimum absolute atomic E-state index is 0.694. The zero-order valence-corrected chi connectivity index (χ0v) is 11.9. The molecule has 1 saturated carbocycles. The third-order valence-corrected chi connectivity index (χ3v) is 3.43. The number of imidazole rings is 1. The van der Waals surface area contributed by atoms with Gasteiger partial charge in [0.25, 0.3) is 0 Å². The molecule has 1 fully saturated rings. The van der Waals surface area contributed by atoms with Crippen LogP contribution in [-0.4, -0.2) is 40.6 Å². The van der Waals surface area contributed by atoms with Crippen molar-refractivity contribution in [3.8, 4) is 0 Å². The summed E-state index contributed by atoms with van der Waals surface area (Å²) in [6.07, 6.45) is 6.87. The van der Waals surface area contributed by atoms with Crippen LogP contribution in [0.3, 0.4) is 0 Å². The summed E-state index contributed by atoms with van der Waals surface area (Å²) in [5.74, 6) is 0.694. The van der Waals surface area contributed by atoms with Gasteiger partial charge in [-0.05, 0) is 32.4 Å². The van der Waals surface area contributed by atoms with E-state index in [1.165, 1.54) is 12.8 Å². The van der Waals surface area contributed by atoms with Crippen LogP contribution in [-0.2, 0) is 13.1 Å². The maximum absolute atomic E-state index is 4.43. The molecule has 0 aliphatic heterocycles. The lowest BCUT2D eigenvalue weighted by atomic mass is 10.2. The van der Waals surface area contributed by atoms with Crippen molar-refractivity contribution in [3.05, 3.63) is 18.2 Å². The van der Waals surface area contributed by atoms with Gasteiger partial charge in [-0.1, -0.05) is 13.8 Å². The average molecular weight is 250 g/mol. The number of hydrogen-bond donors (Lipinski definition) is 1. The van der Waals surface area contributed by atoms with Crippen LogP contribution in [0.1, 0.15) is 32.4 Å². The van der Waals surface area contributed by atoms with E-state index in [0.29, 0.717) is 5.92 Å². The van der Waals surface area contributed by atoms with Gasteiger partial charge in [0.05, 0.1) is 12.0 Å². The van der Waals surface area contributed by atoms with Gasteiger partial charge in [-0.3, -0.25) is 0 Å². The van der Waals surface area contributed by atoms with E-state index in [-0.39, 0.29) is 0 Å². The molecule has 1 aromatic heterocycles. The lowest BCUT2D eigenvalue weighted by Crippen LogP contribution is -2.24. The molecule has 18 heavy (non-hydrogen) atoms. The van der Waals surface area contributed by atoms with Gasteiger partial charge in [0.1, 0.15) is 0 Å². The number of likely N-dealkylation sites (N-methyl/N-ethyl adjacent to an activating group) is 1. The SMILES string of the molecule is CC(C)CNCc1cn(CCN(C)C2CC2)cn1. The Bertz CT molecular complexity index is 354. The molecule has 102 valence electrons. The predicted molar refractivity (Wildman–Crippen MR) is 74.4 cm³/mol. The number of aromatic nitrogens is 2. The summed E-state index contributed by atoms with van der Waals surface area (Å²) in [5.41, 5.74) is 1.14. The van der Waals surface area contributed by atoms with Crippen LogP contribution in [0.15, 0.2) is 12.5 Å². The van der Waals surface area contributed by atoms with Crippen molar-refractivity contribution in [1.29, 1.82) is 0 Å². The molecule has 0 unspecified atom stereocenters. The summed E-state index contributed by atoms with van der Waals surface area (Å²) in [6, 6.07) is 0.848.